The fourth-order valence-electron chi connectivity index (χ4n) is 4.82. The van der Waals surface area contributed by atoms with Gasteiger partial charge < -0.3 is 19.1 Å². The number of carbonyl (C=O) groups excluding carboxylic acids is 1. The number of carbonyl (C=O) groups is 1. The van der Waals surface area contributed by atoms with Crippen molar-refractivity contribution in [1.82, 2.24) is 4.98 Å². The third kappa shape index (κ3) is 3.35. The van der Waals surface area contributed by atoms with Gasteiger partial charge in [0, 0.05) is 18.7 Å². The van der Waals surface area contributed by atoms with Crippen LogP contribution >= 0.6 is 0 Å². The minimum absolute atomic E-state index is 0.122. The van der Waals surface area contributed by atoms with E-state index in [9.17, 15) is 4.79 Å². The van der Waals surface area contributed by atoms with Crippen LogP contribution in [0.4, 0.5) is 5.82 Å². The Hall–Kier alpha value is -2.86. The second-order valence-electron chi connectivity index (χ2n) is 8.32. The lowest BCUT2D eigenvalue weighted by atomic mass is 9.71. The van der Waals surface area contributed by atoms with E-state index in [0.29, 0.717) is 12.3 Å². The second kappa shape index (κ2) is 7.76. The van der Waals surface area contributed by atoms with Gasteiger partial charge in [0.05, 0.1) is 31.0 Å². The number of rotatable bonds is 3. The van der Waals surface area contributed by atoms with Gasteiger partial charge in [-0.25, -0.2) is 4.98 Å². The molecule has 1 aliphatic carbocycles. The van der Waals surface area contributed by atoms with E-state index in [0.717, 1.165) is 42.1 Å². The van der Waals surface area contributed by atoms with Crippen molar-refractivity contribution in [3.8, 4) is 5.75 Å². The summed E-state index contributed by atoms with van der Waals surface area (Å²) in [6.45, 7) is 3.33. The van der Waals surface area contributed by atoms with Gasteiger partial charge in [-0.3, -0.25) is 4.79 Å². The van der Waals surface area contributed by atoms with Crippen molar-refractivity contribution in [3.05, 3.63) is 60.0 Å². The summed E-state index contributed by atoms with van der Waals surface area (Å²) in [5.41, 5.74) is 2.64. The Morgan fingerprint density at radius 1 is 1.13 bits per heavy atom. The van der Waals surface area contributed by atoms with Crippen LogP contribution in [0, 0.1) is 18.8 Å². The lowest BCUT2D eigenvalue weighted by molar-refractivity contribution is -0.140. The van der Waals surface area contributed by atoms with E-state index in [1.54, 1.807) is 13.4 Å². The van der Waals surface area contributed by atoms with E-state index in [4.69, 9.17) is 14.2 Å². The fourth-order valence-corrected chi connectivity index (χ4v) is 4.82. The average molecular weight is 406 g/mol. The van der Waals surface area contributed by atoms with Gasteiger partial charge in [-0.1, -0.05) is 18.2 Å². The number of hydrogen-bond acceptors (Lipinski definition) is 6. The molecule has 0 spiro atoms. The van der Waals surface area contributed by atoms with E-state index in [-0.39, 0.29) is 29.8 Å². The summed E-state index contributed by atoms with van der Waals surface area (Å²) in [5.74, 6) is 1.84. The first-order chi connectivity index (χ1) is 14.6. The van der Waals surface area contributed by atoms with Crippen LogP contribution in [0.3, 0.4) is 0 Å². The van der Waals surface area contributed by atoms with Crippen LogP contribution < -0.4 is 9.64 Å². The molecule has 6 nitrogen and oxygen atoms in total. The molecule has 2 aliphatic heterocycles. The number of aromatic nitrogens is 1. The number of pyridine rings is 1. The molecule has 1 saturated carbocycles. The number of nitrogens with zero attached hydrogens (tertiary/aromatic N) is 2. The molecule has 0 radical (unpaired) electrons. The molecule has 3 heterocycles. The van der Waals surface area contributed by atoms with Crippen LogP contribution in [0.1, 0.15) is 24.0 Å². The standard InChI is InChI=1S/C24H26N2O4/c1-15-3-10-22(25-11-15)26-12-19-21(30-14-26)9-8-18-23(27)20(13-29-24(18)19)16-4-6-17(28-2)7-5-16/h3-7,10-11,13,18-19,21,24H,8-9,12,14H2,1-2H3. The van der Waals surface area contributed by atoms with Crippen LogP contribution in [0.2, 0.25) is 0 Å². The summed E-state index contributed by atoms with van der Waals surface area (Å²) in [5, 5.41) is 0. The summed E-state index contributed by atoms with van der Waals surface area (Å²) in [6, 6.07) is 11.6. The van der Waals surface area contributed by atoms with Gasteiger partial charge in [-0.15, -0.1) is 0 Å². The third-order valence-electron chi connectivity index (χ3n) is 6.50. The molecule has 0 N–H and O–H groups in total. The molecule has 6 heteroatoms. The Balaban J connectivity index is 1.37. The van der Waals surface area contributed by atoms with Crippen molar-refractivity contribution in [1.29, 1.82) is 0 Å². The number of ketones is 1. The van der Waals surface area contributed by atoms with E-state index in [2.05, 4.69) is 16.0 Å². The SMILES string of the molecule is COc1ccc(C2=COC3C(CCC4OCN(c5ccc(C)cn5)CC43)C2=O)cc1. The monoisotopic (exact) mass is 406 g/mol. The van der Waals surface area contributed by atoms with Gasteiger partial charge in [0.1, 0.15) is 24.4 Å². The van der Waals surface area contributed by atoms with E-state index in [1.165, 1.54) is 0 Å². The third-order valence-corrected chi connectivity index (χ3v) is 6.50. The predicted molar refractivity (Wildman–Crippen MR) is 113 cm³/mol. The molecule has 2 fully saturated rings. The molecule has 156 valence electrons. The highest BCUT2D eigenvalue weighted by molar-refractivity contribution is 6.22. The minimum Gasteiger partial charge on any atom is -0.497 e. The Morgan fingerprint density at radius 3 is 2.70 bits per heavy atom. The first-order valence-corrected chi connectivity index (χ1v) is 10.5. The zero-order chi connectivity index (χ0) is 20.7. The van der Waals surface area contributed by atoms with Gasteiger partial charge >= 0.3 is 0 Å². The molecular weight excluding hydrogens is 380 g/mol. The highest BCUT2D eigenvalue weighted by Gasteiger charge is 2.49. The summed E-state index contributed by atoms with van der Waals surface area (Å²) >= 11 is 0. The zero-order valence-electron chi connectivity index (χ0n) is 17.3. The lowest BCUT2D eigenvalue weighted by Crippen LogP contribution is -2.56. The molecule has 1 aromatic heterocycles. The van der Waals surface area contributed by atoms with E-state index in [1.807, 2.05) is 43.5 Å². The number of fused-ring (bicyclic) bond motifs is 3. The van der Waals surface area contributed by atoms with Crippen LogP contribution in [0.15, 0.2) is 48.9 Å². The number of ether oxygens (including phenoxy) is 3. The lowest BCUT2D eigenvalue weighted by Gasteiger charge is -2.48. The van der Waals surface area contributed by atoms with Gasteiger partial charge in [-0.05, 0) is 49.1 Å². The first kappa shape index (κ1) is 19.1. The molecule has 3 aliphatic rings. The Kier molecular flexibility index (Phi) is 4.95. The number of allylic oxidation sites excluding steroid dienone is 1. The molecule has 4 unspecified atom stereocenters. The molecule has 0 bridgehead atoms. The Morgan fingerprint density at radius 2 is 1.97 bits per heavy atom. The molecule has 5 rings (SSSR count). The van der Waals surface area contributed by atoms with Crippen molar-refractivity contribution >= 4 is 17.2 Å². The minimum atomic E-state index is -0.161. The normalized spacial score (nSPS) is 28.1. The molecular formula is C24H26N2O4. The average Bonchev–Trinajstić information content (AvgIpc) is 2.79. The molecule has 0 amide bonds. The maximum atomic E-state index is 13.3. The number of Topliss-reactive ketones (excluding diaryl/α,β-unsaturated/α-hetero) is 1. The molecule has 1 aromatic carbocycles. The van der Waals surface area contributed by atoms with Crippen molar-refractivity contribution in [3.63, 3.8) is 0 Å². The van der Waals surface area contributed by atoms with Crippen molar-refractivity contribution < 1.29 is 19.0 Å². The van der Waals surface area contributed by atoms with Crippen LogP contribution in [-0.4, -0.2) is 43.4 Å². The quantitative estimate of drug-likeness (QED) is 0.776. The molecule has 2 aromatic rings. The summed E-state index contributed by atoms with van der Waals surface area (Å²) < 4.78 is 17.6. The number of anilines is 1. The maximum Gasteiger partial charge on any atom is 0.173 e. The van der Waals surface area contributed by atoms with Crippen molar-refractivity contribution in [2.75, 3.05) is 25.3 Å². The van der Waals surface area contributed by atoms with Gasteiger partial charge in [0.15, 0.2) is 5.78 Å². The zero-order valence-corrected chi connectivity index (χ0v) is 17.3. The van der Waals surface area contributed by atoms with Gasteiger partial charge in [-0.2, -0.15) is 0 Å². The van der Waals surface area contributed by atoms with Crippen molar-refractivity contribution in [2.45, 2.75) is 32.0 Å². The highest BCUT2D eigenvalue weighted by Crippen LogP contribution is 2.42. The molecule has 30 heavy (non-hydrogen) atoms. The second-order valence-corrected chi connectivity index (χ2v) is 8.32. The van der Waals surface area contributed by atoms with Crippen molar-refractivity contribution in [2.24, 2.45) is 11.8 Å². The van der Waals surface area contributed by atoms with Crippen LogP contribution in [-0.2, 0) is 14.3 Å². The van der Waals surface area contributed by atoms with E-state index < -0.39 is 0 Å². The fraction of sp³-hybridized carbons (Fsp3) is 0.417. The smallest absolute Gasteiger partial charge is 0.173 e. The molecule has 4 atom stereocenters. The summed E-state index contributed by atoms with van der Waals surface area (Å²) in [4.78, 5) is 20.0. The number of methoxy groups -OCH3 is 1. The summed E-state index contributed by atoms with van der Waals surface area (Å²) in [6.07, 6.45) is 5.16. The number of hydrogen-bond donors (Lipinski definition) is 0. The van der Waals surface area contributed by atoms with Gasteiger partial charge in [0.2, 0.25) is 0 Å². The van der Waals surface area contributed by atoms with Crippen LogP contribution in [0.25, 0.3) is 5.57 Å². The Bertz CT molecular complexity index is 954. The number of aryl methyl sites for hydroxylation is 1. The number of benzene rings is 1. The van der Waals surface area contributed by atoms with Crippen LogP contribution in [0.5, 0.6) is 5.75 Å². The Labute approximate surface area is 176 Å². The predicted octanol–water partition coefficient (Wildman–Crippen LogP) is 3.60. The summed E-state index contributed by atoms with van der Waals surface area (Å²) in [7, 11) is 1.63. The maximum absolute atomic E-state index is 13.3. The highest BCUT2D eigenvalue weighted by atomic mass is 16.5. The van der Waals surface area contributed by atoms with E-state index >= 15 is 0 Å². The largest absolute Gasteiger partial charge is 0.497 e. The molecule has 1 saturated heterocycles. The van der Waals surface area contributed by atoms with Gasteiger partial charge in [0.25, 0.3) is 0 Å². The first-order valence-electron chi connectivity index (χ1n) is 10.5. The topological polar surface area (TPSA) is 60.9 Å².